The highest BCUT2D eigenvalue weighted by molar-refractivity contribution is 7.17. The van der Waals surface area contributed by atoms with Crippen LogP contribution in [-0.2, 0) is 11.2 Å². The van der Waals surface area contributed by atoms with Gasteiger partial charge in [0, 0.05) is 19.1 Å². The van der Waals surface area contributed by atoms with Crippen molar-refractivity contribution in [1.29, 1.82) is 0 Å². The molecule has 1 aromatic carbocycles. The molecule has 2 aromatic heterocycles. The lowest BCUT2D eigenvalue weighted by molar-refractivity contribution is -0.132. The van der Waals surface area contributed by atoms with E-state index in [2.05, 4.69) is 9.88 Å². The minimum absolute atomic E-state index is 0. The van der Waals surface area contributed by atoms with Crippen molar-refractivity contribution in [3.05, 3.63) is 62.1 Å². The van der Waals surface area contributed by atoms with Gasteiger partial charge in [-0.1, -0.05) is 18.6 Å². The van der Waals surface area contributed by atoms with Crippen LogP contribution < -0.4 is 11.2 Å². The normalized spacial score (nSPS) is 17.8. The maximum Gasteiger partial charge on any atom is 0.333 e. The molecular weight excluding hydrogens is 460 g/mol. The maximum atomic E-state index is 12.8. The first kappa shape index (κ1) is 23.7. The second kappa shape index (κ2) is 10.2. The Labute approximate surface area is 202 Å². The van der Waals surface area contributed by atoms with Crippen molar-refractivity contribution in [1.82, 2.24) is 19.4 Å². The lowest BCUT2D eigenvalue weighted by Gasteiger charge is -2.40. The Morgan fingerprint density at radius 3 is 2.36 bits per heavy atom. The average molecular weight is 489 g/mol. The van der Waals surface area contributed by atoms with Gasteiger partial charge in [0.25, 0.3) is 5.56 Å². The number of benzene rings is 1. The predicted octanol–water partition coefficient (Wildman–Crippen LogP) is 3.18. The number of piperidine rings is 2. The van der Waals surface area contributed by atoms with E-state index in [1.54, 1.807) is 23.6 Å². The first-order valence-electron chi connectivity index (χ1n) is 11.4. The molecule has 0 bridgehead atoms. The summed E-state index contributed by atoms with van der Waals surface area (Å²) in [5.41, 5.74) is 1.18. The number of hydrogen-bond acceptors (Lipinski definition) is 5. The fourth-order valence-electron chi connectivity index (χ4n) is 4.99. The Morgan fingerprint density at radius 2 is 1.67 bits per heavy atom. The Kier molecular flexibility index (Phi) is 7.36. The number of nitrogens with zero attached hydrogens (tertiary/aromatic N) is 3. The summed E-state index contributed by atoms with van der Waals surface area (Å²) in [6, 6.07) is 9.49. The summed E-state index contributed by atoms with van der Waals surface area (Å²) < 4.78 is 1.67. The number of nitrogens with one attached hydrogen (secondary N) is 1. The molecule has 2 saturated heterocycles. The molecule has 1 amide bonds. The molecule has 2 aliphatic heterocycles. The number of carbonyl (C=O) groups is 1. The number of rotatable bonds is 4. The van der Waals surface area contributed by atoms with Crippen molar-refractivity contribution in [3.63, 3.8) is 0 Å². The molecule has 2 aliphatic rings. The van der Waals surface area contributed by atoms with Crippen LogP contribution in [0.15, 0.2) is 45.3 Å². The minimum atomic E-state index is -0.457. The van der Waals surface area contributed by atoms with E-state index >= 15 is 0 Å². The molecule has 0 unspecified atom stereocenters. The lowest BCUT2D eigenvalue weighted by atomic mass is 9.99. The molecule has 3 aromatic rings. The van der Waals surface area contributed by atoms with Gasteiger partial charge in [-0.05, 0) is 67.9 Å². The van der Waals surface area contributed by atoms with E-state index < -0.39 is 5.69 Å². The van der Waals surface area contributed by atoms with Gasteiger partial charge >= 0.3 is 5.69 Å². The highest BCUT2D eigenvalue weighted by atomic mass is 35.5. The summed E-state index contributed by atoms with van der Waals surface area (Å²) in [6.07, 6.45) is 6.40. The zero-order valence-corrected chi connectivity index (χ0v) is 20.1. The van der Waals surface area contributed by atoms with Crippen LogP contribution in [-0.4, -0.2) is 57.5 Å². The van der Waals surface area contributed by atoms with Gasteiger partial charge in [-0.25, -0.2) is 9.36 Å². The molecule has 0 radical (unpaired) electrons. The molecule has 5 rings (SSSR count). The van der Waals surface area contributed by atoms with E-state index in [0.29, 0.717) is 28.4 Å². The number of aromatic amines is 1. The summed E-state index contributed by atoms with van der Waals surface area (Å²) in [6.45, 7) is 4.06. The Balaban J connectivity index is 0.00000259. The first-order chi connectivity index (χ1) is 15.6. The number of likely N-dealkylation sites (tertiary alicyclic amines) is 2. The molecule has 9 heteroatoms. The quantitative estimate of drug-likeness (QED) is 0.611. The molecule has 1 N–H and O–H groups in total. The summed E-state index contributed by atoms with van der Waals surface area (Å²) >= 11 is 1.31. The molecule has 0 aliphatic carbocycles. The standard InChI is InChI=1S/C24H28N4O3S.ClH/c29-21(27-13-8-18(9-14-27)26-11-2-1-3-12-26)16-17-4-6-19(7-5-17)28-23(30)22-20(10-15-32-22)25-24(28)31;/h4-7,10,15,18H,1-3,8-9,11-14,16H2,(H,25,31);1H. The van der Waals surface area contributed by atoms with Crippen molar-refractivity contribution in [3.8, 4) is 5.69 Å². The molecule has 33 heavy (non-hydrogen) atoms. The van der Waals surface area contributed by atoms with E-state index in [9.17, 15) is 14.4 Å². The SMILES string of the molecule is Cl.O=C(Cc1ccc(-n2c(=O)[nH]c3ccsc3c2=O)cc1)N1CCC(N2CCCCC2)CC1. The van der Waals surface area contributed by atoms with Crippen molar-refractivity contribution < 1.29 is 4.79 Å². The van der Waals surface area contributed by atoms with Gasteiger partial charge in [-0.2, -0.15) is 0 Å². The van der Waals surface area contributed by atoms with Crippen LogP contribution in [0.4, 0.5) is 0 Å². The summed E-state index contributed by atoms with van der Waals surface area (Å²) in [4.78, 5) is 45.3. The molecule has 176 valence electrons. The van der Waals surface area contributed by atoms with Crippen molar-refractivity contribution in [2.24, 2.45) is 0 Å². The maximum absolute atomic E-state index is 12.8. The molecule has 0 saturated carbocycles. The average Bonchev–Trinajstić information content (AvgIpc) is 3.29. The molecule has 0 atom stereocenters. The number of H-pyrrole nitrogens is 1. The molecule has 2 fully saturated rings. The smallest absolute Gasteiger partial charge is 0.333 e. The number of aromatic nitrogens is 2. The van der Waals surface area contributed by atoms with Crippen LogP contribution in [0.25, 0.3) is 15.9 Å². The van der Waals surface area contributed by atoms with Gasteiger partial charge < -0.3 is 14.8 Å². The van der Waals surface area contributed by atoms with E-state index in [0.717, 1.165) is 36.1 Å². The Bertz CT molecular complexity index is 1220. The topological polar surface area (TPSA) is 78.4 Å². The van der Waals surface area contributed by atoms with Gasteiger partial charge in [-0.3, -0.25) is 9.59 Å². The van der Waals surface area contributed by atoms with Crippen LogP contribution in [0.3, 0.4) is 0 Å². The predicted molar refractivity (Wildman–Crippen MR) is 134 cm³/mol. The lowest BCUT2D eigenvalue weighted by Crippen LogP contribution is -2.48. The van der Waals surface area contributed by atoms with Gasteiger partial charge in [0.2, 0.25) is 5.91 Å². The monoisotopic (exact) mass is 488 g/mol. The van der Waals surface area contributed by atoms with E-state index in [1.165, 1.54) is 43.7 Å². The number of amides is 1. The van der Waals surface area contributed by atoms with Crippen LogP contribution in [0.2, 0.25) is 0 Å². The van der Waals surface area contributed by atoms with Gasteiger partial charge in [0.15, 0.2) is 0 Å². The fourth-order valence-corrected chi connectivity index (χ4v) is 5.76. The molecule has 7 nitrogen and oxygen atoms in total. The van der Waals surface area contributed by atoms with Crippen molar-refractivity contribution >= 4 is 39.9 Å². The first-order valence-corrected chi connectivity index (χ1v) is 12.3. The van der Waals surface area contributed by atoms with Crippen molar-refractivity contribution in [2.45, 2.75) is 44.6 Å². The van der Waals surface area contributed by atoms with E-state index in [-0.39, 0.29) is 23.9 Å². The van der Waals surface area contributed by atoms with Crippen LogP contribution in [0.5, 0.6) is 0 Å². The van der Waals surface area contributed by atoms with E-state index in [1.807, 2.05) is 17.0 Å². The third-order valence-corrected chi connectivity index (χ3v) is 7.68. The van der Waals surface area contributed by atoms with Crippen molar-refractivity contribution in [2.75, 3.05) is 26.2 Å². The summed E-state index contributed by atoms with van der Waals surface area (Å²) in [5, 5.41) is 1.79. The largest absolute Gasteiger partial charge is 0.342 e. The van der Waals surface area contributed by atoms with Gasteiger partial charge in [0.1, 0.15) is 4.70 Å². The molecule has 4 heterocycles. The number of halogens is 1. The molecular formula is C24H29ClN4O3S. The van der Waals surface area contributed by atoms with Crippen LogP contribution in [0, 0.1) is 0 Å². The minimum Gasteiger partial charge on any atom is -0.342 e. The highest BCUT2D eigenvalue weighted by Gasteiger charge is 2.27. The van der Waals surface area contributed by atoms with Gasteiger partial charge in [0.05, 0.1) is 17.6 Å². The fraction of sp³-hybridized carbons (Fsp3) is 0.458. The van der Waals surface area contributed by atoms with Crippen LogP contribution in [0.1, 0.15) is 37.7 Å². The van der Waals surface area contributed by atoms with E-state index in [4.69, 9.17) is 0 Å². The number of fused-ring (bicyclic) bond motifs is 1. The Morgan fingerprint density at radius 1 is 0.970 bits per heavy atom. The third-order valence-electron chi connectivity index (χ3n) is 6.78. The zero-order valence-electron chi connectivity index (χ0n) is 18.5. The zero-order chi connectivity index (χ0) is 22.1. The Hall–Kier alpha value is -2.42. The third kappa shape index (κ3) is 4.93. The second-order valence-corrected chi connectivity index (χ2v) is 9.70. The highest BCUT2D eigenvalue weighted by Crippen LogP contribution is 2.21. The van der Waals surface area contributed by atoms with Gasteiger partial charge in [-0.15, -0.1) is 23.7 Å². The number of carbonyl (C=O) groups excluding carboxylic acids is 1. The summed E-state index contributed by atoms with van der Waals surface area (Å²) in [7, 11) is 0. The second-order valence-electron chi connectivity index (χ2n) is 8.79. The molecule has 0 spiro atoms. The van der Waals surface area contributed by atoms with Crippen LogP contribution >= 0.6 is 23.7 Å². The number of thiophene rings is 1. The number of hydrogen-bond donors (Lipinski definition) is 1. The summed E-state index contributed by atoms with van der Waals surface area (Å²) in [5.74, 6) is 0.143.